The molecule has 23 heavy (non-hydrogen) atoms. The highest BCUT2D eigenvalue weighted by atomic mass is 16.5. The van der Waals surface area contributed by atoms with E-state index < -0.39 is 5.97 Å². The molecule has 0 saturated carbocycles. The van der Waals surface area contributed by atoms with Crippen LogP contribution in [0.2, 0.25) is 0 Å². The molecule has 0 aliphatic rings. The molecular weight excluding hydrogens is 296 g/mol. The minimum absolute atomic E-state index is 0.233. The number of amides is 2. The molecule has 6 heteroatoms. The van der Waals surface area contributed by atoms with E-state index in [0.29, 0.717) is 22.4 Å². The van der Waals surface area contributed by atoms with Gasteiger partial charge in [0.1, 0.15) is 0 Å². The molecule has 2 aromatic rings. The van der Waals surface area contributed by atoms with Crippen molar-refractivity contribution in [1.29, 1.82) is 0 Å². The first kappa shape index (κ1) is 16.2. The Kier molecular flexibility index (Phi) is 5.09. The van der Waals surface area contributed by atoms with Crippen molar-refractivity contribution in [2.75, 3.05) is 19.5 Å². The predicted molar refractivity (Wildman–Crippen MR) is 85.6 cm³/mol. The monoisotopic (exact) mass is 312 g/mol. The second-order valence-electron chi connectivity index (χ2n) is 4.68. The lowest BCUT2D eigenvalue weighted by molar-refractivity contribution is 0.0600. The molecular formula is C17H16N2O4. The molecule has 118 valence electrons. The maximum absolute atomic E-state index is 12.2. The van der Waals surface area contributed by atoms with Crippen LogP contribution in [0, 0.1) is 0 Å². The Hall–Kier alpha value is -3.15. The second kappa shape index (κ2) is 7.22. The average Bonchev–Trinajstić information content (AvgIpc) is 2.60. The first-order chi connectivity index (χ1) is 11.0. The first-order valence-electron chi connectivity index (χ1n) is 6.87. The van der Waals surface area contributed by atoms with Gasteiger partial charge >= 0.3 is 5.97 Å². The van der Waals surface area contributed by atoms with Crippen molar-refractivity contribution in [3.8, 4) is 0 Å². The van der Waals surface area contributed by atoms with Crippen LogP contribution >= 0.6 is 0 Å². The third kappa shape index (κ3) is 3.94. The molecule has 6 nitrogen and oxygen atoms in total. The van der Waals surface area contributed by atoms with Crippen molar-refractivity contribution in [3.63, 3.8) is 0 Å². The maximum Gasteiger partial charge on any atom is 0.337 e. The number of carbonyl (C=O) groups is 3. The highest BCUT2D eigenvalue weighted by Crippen LogP contribution is 2.13. The number of benzene rings is 2. The van der Waals surface area contributed by atoms with Gasteiger partial charge in [0.25, 0.3) is 11.8 Å². The molecule has 0 saturated heterocycles. The van der Waals surface area contributed by atoms with E-state index in [0.717, 1.165) is 0 Å². The number of hydrogen-bond acceptors (Lipinski definition) is 4. The van der Waals surface area contributed by atoms with Crippen LogP contribution in [0.15, 0.2) is 48.5 Å². The highest BCUT2D eigenvalue weighted by molar-refractivity contribution is 6.05. The van der Waals surface area contributed by atoms with Gasteiger partial charge in [0.15, 0.2) is 0 Å². The Balaban J connectivity index is 2.13. The third-order valence-corrected chi connectivity index (χ3v) is 3.18. The molecule has 2 rings (SSSR count). The summed E-state index contributed by atoms with van der Waals surface area (Å²) >= 11 is 0. The molecule has 0 aromatic heterocycles. The summed E-state index contributed by atoms with van der Waals surface area (Å²) in [6.07, 6.45) is 0. The summed E-state index contributed by atoms with van der Waals surface area (Å²) in [5, 5.41) is 5.23. The number of rotatable bonds is 4. The Morgan fingerprint density at radius 1 is 0.870 bits per heavy atom. The lowest BCUT2D eigenvalue weighted by Crippen LogP contribution is -2.18. The van der Waals surface area contributed by atoms with Gasteiger partial charge < -0.3 is 15.4 Å². The molecule has 0 spiro atoms. The second-order valence-corrected chi connectivity index (χ2v) is 4.68. The van der Waals surface area contributed by atoms with Gasteiger partial charge in [-0.25, -0.2) is 4.79 Å². The van der Waals surface area contributed by atoms with Gasteiger partial charge in [0, 0.05) is 23.9 Å². The van der Waals surface area contributed by atoms with Crippen molar-refractivity contribution < 1.29 is 19.1 Å². The largest absolute Gasteiger partial charge is 0.465 e. The van der Waals surface area contributed by atoms with Gasteiger partial charge in [0.05, 0.1) is 12.7 Å². The molecule has 2 amide bonds. The summed E-state index contributed by atoms with van der Waals surface area (Å²) in [6, 6.07) is 12.7. The average molecular weight is 312 g/mol. The van der Waals surface area contributed by atoms with Gasteiger partial charge in [0.2, 0.25) is 0 Å². The van der Waals surface area contributed by atoms with Gasteiger partial charge in [-0.15, -0.1) is 0 Å². The fraction of sp³-hybridized carbons (Fsp3) is 0.118. The minimum atomic E-state index is -0.463. The van der Waals surface area contributed by atoms with E-state index >= 15 is 0 Å². The zero-order valence-electron chi connectivity index (χ0n) is 12.8. The summed E-state index contributed by atoms with van der Waals surface area (Å²) in [6.45, 7) is 0. The van der Waals surface area contributed by atoms with Crippen LogP contribution < -0.4 is 10.6 Å². The molecule has 2 N–H and O–H groups in total. The summed E-state index contributed by atoms with van der Waals surface area (Å²) in [4.78, 5) is 35.1. The molecule has 0 fully saturated rings. The Labute approximate surface area is 133 Å². The predicted octanol–water partition coefficient (Wildman–Crippen LogP) is 2.09. The van der Waals surface area contributed by atoms with E-state index in [-0.39, 0.29) is 11.8 Å². The van der Waals surface area contributed by atoms with Crippen molar-refractivity contribution in [2.45, 2.75) is 0 Å². The van der Waals surface area contributed by atoms with Crippen LogP contribution in [0.4, 0.5) is 5.69 Å². The standard InChI is InChI=1S/C17H16N2O4/c1-18-15(20)13-4-3-5-14(10-13)19-16(21)11-6-8-12(9-7-11)17(22)23-2/h3-10H,1-2H3,(H,18,20)(H,19,21). The maximum atomic E-state index is 12.2. The number of ether oxygens (including phenoxy) is 1. The number of methoxy groups -OCH3 is 1. The Morgan fingerprint density at radius 3 is 2.13 bits per heavy atom. The highest BCUT2D eigenvalue weighted by Gasteiger charge is 2.10. The SMILES string of the molecule is CNC(=O)c1cccc(NC(=O)c2ccc(C(=O)OC)cc2)c1. The topological polar surface area (TPSA) is 84.5 Å². The van der Waals surface area contributed by atoms with E-state index in [2.05, 4.69) is 15.4 Å². The summed E-state index contributed by atoms with van der Waals surface area (Å²) in [5.41, 5.74) is 1.72. The zero-order chi connectivity index (χ0) is 16.8. The van der Waals surface area contributed by atoms with Crippen LogP contribution in [0.25, 0.3) is 0 Å². The fourth-order valence-corrected chi connectivity index (χ4v) is 1.96. The number of carbonyl (C=O) groups excluding carboxylic acids is 3. The zero-order valence-corrected chi connectivity index (χ0v) is 12.8. The summed E-state index contributed by atoms with van der Waals surface area (Å²) < 4.78 is 4.60. The van der Waals surface area contributed by atoms with Gasteiger partial charge in [-0.3, -0.25) is 9.59 Å². The van der Waals surface area contributed by atoms with Gasteiger partial charge in [-0.1, -0.05) is 6.07 Å². The first-order valence-corrected chi connectivity index (χ1v) is 6.87. The van der Waals surface area contributed by atoms with Gasteiger partial charge in [-0.05, 0) is 42.5 Å². The number of hydrogen-bond donors (Lipinski definition) is 2. The van der Waals surface area contributed by atoms with E-state index in [1.165, 1.54) is 38.4 Å². The lowest BCUT2D eigenvalue weighted by atomic mass is 10.1. The van der Waals surface area contributed by atoms with Crippen molar-refractivity contribution >= 4 is 23.5 Å². The minimum Gasteiger partial charge on any atom is -0.465 e. The lowest BCUT2D eigenvalue weighted by Gasteiger charge is -2.07. The van der Waals surface area contributed by atoms with E-state index in [4.69, 9.17) is 0 Å². The molecule has 0 heterocycles. The van der Waals surface area contributed by atoms with Gasteiger partial charge in [-0.2, -0.15) is 0 Å². The molecule has 0 aliphatic heterocycles. The molecule has 0 unspecified atom stereocenters. The molecule has 2 aromatic carbocycles. The summed E-state index contributed by atoms with van der Waals surface area (Å²) in [5.74, 6) is -1.03. The fourth-order valence-electron chi connectivity index (χ4n) is 1.96. The molecule has 0 bridgehead atoms. The smallest absolute Gasteiger partial charge is 0.337 e. The van der Waals surface area contributed by atoms with Crippen LogP contribution in [0.5, 0.6) is 0 Å². The summed E-state index contributed by atoms with van der Waals surface area (Å²) in [7, 11) is 2.83. The molecule has 0 radical (unpaired) electrons. The van der Waals surface area contributed by atoms with Crippen molar-refractivity contribution in [3.05, 3.63) is 65.2 Å². The third-order valence-electron chi connectivity index (χ3n) is 3.18. The Morgan fingerprint density at radius 2 is 1.52 bits per heavy atom. The van der Waals surface area contributed by atoms with Crippen molar-refractivity contribution in [2.24, 2.45) is 0 Å². The van der Waals surface area contributed by atoms with E-state index in [9.17, 15) is 14.4 Å². The van der Waals surface area contributed by atoms with Crippen molar-refractivity contribution in [1.82, 2.24) is 5.32 Å². The number of anilines is 1. The Bertz CT molecular complexity index is 739. The van der Waals surface area contributed by atoms with Crippen LogP contribution in [0.3, 0.4) is 0 Å². The molecule has 0 aliphatic carbocycles. The van der Waals surface area contributed by atoms with E-state index in [1.807, 2.05) is 0 Å². The van der Waals surface area contributed by atoms with Crippen LogP contribution in [-0.4, -0.2) is 31.9 Å². The van der Waals surface area contributed by atoms with Crippen LogP contribution in [-0.2, 0) is 4.74 Å². The molecule has 0 atom stereocenters. The number of esters is 1. The van der Waals surface area contributed by atoms with Crippen LogP contribution in [0.1, 0.15) is 31.1 Å². The number of nitrogens with one attached hydrogen (secondary N) is 2. The quantitative estimate of drug-likeness (QED) is 0.847. The van der Waals surface area contributed by atoms with E-state index in [1.54, 1.807) is 24.3 Å². The normalized spacial score (nSPS) is 9.83.